The first-order valence-corrected chi connectivity index (χ1v) is 5.12. The molecule has 0 aliphatic rings. The van der Waals surface area contributed by atoms with E-state index in [1.807, 2.05) is 31.3 Å². The molecule has 16 heavy (non-hydrogen) atoms. The van der Waals surface area contributed by atoms with E-state index in [0.717, 1.165) is 11.4 Å². The van der Waals surface area contributed by atoms with E-state index in [1.165, 1.54) is 0 Å². The van der Waals surface area contributed by atoms with Crippen molar-refractivity contribution in [2.24, 2.45) is 0 Å². The minimum atomic E-state index is 0.0827. The van der Waals surface area contributed by atoms with Gasteiger partial charge in [0.2, 0.25) is 0 Å². The minimum absolute atomic E-state index is 0.0827. The van der Waals surface area contributed by atoms with Gasteiger partial charge < -0.3 is 4.74 Å². The molecule has 2 aromatic rings. The number of methoxy groups -OCH3 is 1. The van der Waals surface area contributed by atoms with Gasteiger partial charge in [-0.1, -0.05) is 11.3 Å². The van der Waals surface area contributed by atoms with Crippen LogP contribution in [-0.2, 0) is 11.3 Å². The largest absolute Gasteiger partial charge is 0.378 e. The number of pyridine rings is 1. The quantitative estimate of drug-likeness (QED) is 0.779. The molecule has 0 bridgehead atoms. The summed E-state index contributed by atoms with van der Waals surface area (Å²) in [7, 11) is 1.64. The van der Waals surface area contributed by atoms with Gasteiger partial charge in [-0.2, -0.15) is 0 Å². The normalized spacial score (nSPS) is 12.6. The van der Waals surface area contributed by atoms with Crippen molar-refractivity contribution in [2.45, 2.75) is 19.6 Å². The molecule has 1 atom stereocenters. The Hall–Kier alpha value is -1.75. The Morgan fingerprint density at radius 2 is 2.31 bits per heavy atom. The molecular weight excluding hydrogens is 204 g/mol. The van der Waals surface area contributed by atoms with E-state index in [-0.39, 0.29) is 6.04 Å². The van der Waals surface area contributed by atoms with Gasteiger partial charge in [0.15, 0.2) is 0 Å². The number of ether oxygens (including phenoxy) is 1. The predicted molar refractivity (Wildman–Crippen MR) is 58.8 cm³/mol. The molecule has 0 unspecified atom stereocenters. The molecule has 2 aromatic heterocycles. The van der Waals surface area contributed by atoms with Crippen LogP contribution in [0.4, 0.5) is 0 Å². The van der Waals surface area contributed by atoms with Crippen LogP contribution >= 0.6 is 0 Å². The fourth-order valence-electron chi connectivity index (χ4n) is 1.48. The van der Waals surface area contributed by atoms with Gasteiger partial charge in [-0.25, -0.2) is 4.68 Å². The van der Waals surface area contributed by atoms with Crippen molar-refractivity contribution in [3.8, 4) is 0 Å². The van der Waals surface area contributed by atoms with Crippen LogP contribution in [0.25, 0.3) is 0 Å². The fourth-order valence-corrected chi connectivity index (χ4v) is 1.48. The molecule has 0 saturated carbocycles. The second kappa shape index (κ2) is 4.85. The van der Waals surface area contributed by atoms with Crippen LogP contribution in [0.15, 0.2) is 30.6 Å². The van der Waals surface area contributed by atoms with Crippen LogP contribution in [-0.4, -0.2) is 27.1 Å². The average Bonchev–Trinajstić information content (AvgIpc) is 2.78. The Kier molecular flexibility index (Phi) is 3.26. The van der Waals surface area contributed by atoms with Crippen LogP contribution in [0.1, 0.15) is 24.4 Å². The van der Waals surface area contributed by atoms with Crippen molar-refractivity contribution >= 4 is 0 Å². The molecule has 5 nitrogen and oxygen atoms in total. The summed E-state index contributed by atoms with van der Waals surface area (Å²) in [6, 6.07) is 5.92. The maximum Gasteiger partial charge on any atom is 0.108 e. The van der Waals surface area contributed by atoms with E-state index >= 15 is 0 Å². The van der Waals surface area contributed by atoms with E-state index in [0.29, 0.717) is 6.61 Å². The van der Waals surface area contributed by atoms with Crippen molar-refractivity contribution < 1.29 is 4.74 Å². The Balaban J connectivity index is 2.17. The first-order valence-electron chi connectivity index (χ1n) is 5.12. The summed E-state index contributed by atoms with van der Waals surface area (Å²) in [5.74, 6) is 0. The highest BCUT2D eigenvalue weighted by atomic mass is 16.5. The first kappa shape index (κ1) is 10.8. The molecule has 0 radical (unpaired) electrons. The van der Waals surface area contributed by atoms with Crippen LogP contribution < -0.4 is 0 Å². The van der Waals surface area contributed by atoms with E-state index in [4.69, 9.17) is 4.74 Å². The summed E-state index contributed by atoms with van der Waals surface area (Å²) in [5.41, 5.74) is 1.79. The SMILES string of the molecule is COCc1cn([C@H](C)c2ccccn2)nn1. The van der Waals surface area contributed by atoms with Crippen molar-refractivity contribution in [3.05, 3.63) is 42.0 Å². The summed E-state index contributed by atoms with van der Waals surface area (Å²) < 4.78 is 6.78. The van der Waals surface area contributed by atoms with Crippen molar-refractivity contribution in [1.29, 1.82) is 0 Å². The maximum atomic E-state index is 5.00. The zero-order valence-electron chi connectivity index (χ0n) is 9.37. The smallest absolute Gasteiger partial charge is 0.108 e. The lowest BCUT2D eigenvalue weighted by Crippen LogP contribution is -2.08. The van der Waals surface area contributed by atoms with E-state index < -0.39 is 0 Å². The molecule has 0 aromatic carbocycles. The maximum absolute atomic E-state index is 5.00. The van der Waals surface area contributed by atoms with Crippen molar-refractivity contribution in [2.75, 3.05) is 7.11 Å². The minimum Gasteiger partial charge on any atom is -0.378 e. The highest BCUT2D eigenvalue weighted by Crippen LogP contribution is 2.13. The third-order valence-electron chi connectivity index (χ3n) is 2.36. The average molecular weight is 218 g/mol. The summed E-state index contributed by atoms with van der Waals surface area (Å²) in [5, 5.41) is 8.07. The molecule has 0 N–H and O–H groups in total. The summed E-state index contributed by atoms with van der Waals surface area (Å²) in [6.07, 6.45) is 3.65. The number of aromatic nitrogens is 4. The Morgan fingerprint density at radius 1 is 1.44 bits per heavy atom. The number of rotatable bonds is 4. The van der Waals surface area contributed by atoms with Gasteiger partial charge in [-0.05, 0) is 19.1 Å². The molecule has 0 fully saturated rings. The lowest BCUT2D eigenvalue weighted by atomic mass is 10.2. The monoisotopic (exact) mass is 218 g/mol. The van der Waals surface area contributed by atoms with E-state index in [1.54, 1.807) is 18.0 Å². The van der Waals surface area contributed by atoms with Gasteiger partial charge in [-0.3, -0.25) is 4.98 Å². The van der Waals surface area contributed by atoms with Crippen LogP contribution in [0.5, 0.6) is 0 Å². The fraction of sp³-hybridized carbons (Fsp3) is 0.364. The summed E-state index contributed by atoms with van der Waals surface area (Å²) >= 11 is 0. The third-order valence-corrected chi connectivity index (χ3v) is 2.36. The highest BCUT2D eigenvalue weighted by Gasteiger charge is 2.10. The Bertz CT molecular complexity index is 440. The number of nitrogens with zero attached hydrogens (tertiary/aromatic N) is 4. The number of hydrogen-bond acceptors (Lipinski definition) is 4. The molecule has 5 heteroatoms. The standard InChI is InChI=1S/C11H14N4O/c1-9(11-5-3-4-6-12-11)15-7-10(8-16-2)13-14-15/h3-7,9H,8H2,1-2H3/t9-/m1/s1. The predicted octanol–water partition coefficient (Wildman–Crippen LogP) is 1.43. The van der Waals surface area contributed by atoms with Gasteiger partial charge in [0.1, 0.15) is 5.69 Å². The van der Waals surface area contributed by atoms with Gasteiger partial charge >= 0.3 is 0 Å². The summed E-state index contributed by atoms with van der Waals surface area (Å²) in [6.45, 7) is 2.52. The lowest BCUT2D eigenvalue weighted by Gasteiger charge is -2.09. The van der Waals surface area contributed by atoms with Crippen LogP contribution in [0, 0.1) is 0 Å². The van der Waals surface area contributed by atoms with E-state index in [2.05, 4.69) is 15.3 Å². The molecule has 2 rings (SSSR count). The van der Waals surface area contributed by atoms with Crippen molar-refractivity contribution in [1.82, 2.24) is 20.0 Å². The third kappa shape index (κ3) is 2.25. The van der Waals surface area contributed by atoms with Gasteiger partial charge in [0.25, 0.3) is 0 Å². The molecule has 2 heterocycles. The molecule has 0 amide bonds. The van der Waals surface area contributed by atoms with Crippen LogP contribution in [0.3, 0.4) is 0 Å². The molecule has 0 aliphatic carbocycles. The van der Waals surface area contributed by atoms with Crippen molar-refractivity contribution in [3.63, 3.8) is 0 Å². The van der Waals surface area contributed by atoms with Gasteiger partial charge in [0, 0.05) is 13.3 Å². The molecule has 84 valence electrons. The van der Waals surface area contributed by atoms with Crippen LogP contribution in [0.2, 0.25) is 0 Å². The summed E-state index contributed by atoms with van der Waals surface area (Å²) in [4.78, 5) is 4.29. The number of hydrogen-bond donors (Lipinski definition) is 0. The lowest BCUT2D eigenvalue weighted by molar-refractivity contribution is 0.181. The first-order chi connectivity index (χ1) is 7.81. The molecule has 0 aliphatic heterocycles. The molecule has 0 saturated heterocycles. The Morgan fingerprint density at radius 3 is 3.00 bits per heavy atom. The molecule has 0 spiro atoms. The van der Waals surface area contributed by atoms with Gasteiger partial charge in [-0.15, -0.1) is 5.10 Å². The molecular formula is C11H14N4O. The second-order valence-corrected chi connectivity index (χ2v) is 3.55. The van der Waals surface area contributed by atoms with E-state index in [9.17, 15) is 0 Å². The van der Waals surface area contributed by atoms with Gasteiger partial charge in [0.05, 0.1) is 24.5 Å². The second-order valence-electron chi connectivity index (χ2n) is 3.55. The zero-order valence-corrected chi connectivity index (χ0v) is 9.37. The Labute approximate surface area is 94.1 Å². The topological polar surface area (TPSA) is 52.8 Å². The highest BCUT2D eigenvalue weighted by molar-refractivity contribution is 5.09. The zero-order chi connectivity index (χ0) is 11.4.